The summed E-state index contributed by atoms with van der Waals surface area (Å²) in [5.41, 5.74) is 0.817. The Balaban J connectivity index is 1.62. The molecular weight excluding hydrogens is 234 g/mol. The number of benzene rings is 2. The van der Waals surface area contributed by atoms with Crippen molar-refractivity contribution in [2.24, 2.45) is 0 Å². The van der Waals surface area contributed by atoms with Crippen LogP contribution in [0.2, 0.25) is 0 Å². The quantitative estimate of drug-likeness (QED) is 0.879. The summed E-state index contributed by atoms with van der Waals surface area (Å²) in [5.74, 6) is 0. The second kappa shape index (κ2) is 5.32. The first-order valence-corrected chi connectivity index (χ1v) is 7.16. The molecule has 0 aromatic heterocycles. The van der Waals surface area contributed by atoms with Gasteiger partial charge < -0.3 is 10.4 Å². The zero-order valence-electron chi connectivity index (χ0n) is 11.2. The van der Waals surface area contributed by atoms with E-state index in [0.29, 0.717) is 6.54 Å². The fourth-order valence-corrected chi connectivity index (χ4v) is 3.00. The maximum absolute atomic E-state index is 10.3. The Morgan fingerprint density at radius 1 is 1.00 bits per heavy atom. The lowest BCUT2D eigenvalue weighted by Crippen LogP contribution is -2.37. The highest BCUT2D eigenvalue weighted by molar-refractivity contribution is 5.82. The lowest BCUT2D eigenvalue weighted by molar-refractivity contribution is 0.0475. The molecule has 0 heterocycles. The van der Waals surface area contributed by atoms with Gasteiger partial charge in [-0.2, -0.15) is 0 Å². The van der Waals surface area contributed by atoms with Crippen LogP contribution in [0.3, 0.4) is 0 Å². The highest BCUT2D eigenvalue weighted by Gasteiger charge is 2.30. The first-order valence-electron chi connectivity index (χ1n) is 7.16. The van der Waals surface area contributed by atoms with Crippen LogP contribution in [-0.2, 0) is 6.54 Å². The third kappa shape index (κ3) is 2.96. The Labute approximate surface area is 114 Å². The van der Waals surface area contributed by atoms with Gasteiger partial charge in [0.05, 0.1) is 5.60 Å². The average Bonchev–Trinajstić information content (AvgIpc) is 2.86. The molecule has 2 nitrogen and oxygen atoms in total. The first kappa shape index (κ1) is 12.6. The van der Waals surface area contributed by atoms with Crippen LogP contribution >= 0.6 is 0 Å². The maximum Gasteiger partial charge on any atom is 0.0771 e. The summed E-state index contributed by atoms with van der Waals surface area (Å²) >= 11 is 0. The van der Waals surface area contributed by atoms with Gasteiger partial charge in [-0.1, -0.05) is 49.2 Å². The number of fused-ring (bicyclic) bond motifs is 1. The van der Waals surface area contributed by atoms with Crippen LogP contribution in [0.5, 0.6) is 0 Å². The third-order valence-electron chi connectivity index (χ3n) is 4.13. The van der Waals surface area contributed by atoms with Crippen LogP contribution in [0.15, 0.2) is 42.5 Å². The van der Waals surface area contributed by atoms with Crippen molar-refractivity contribution in [3.8, 4) is 0 Å². The molecule has 1 aliphatic rings. The minimum Gasteiger partial charge on any atom is -0.389 e. The number of hydrogen-bond donors (Lipinski definition) is 2. The SMILES string of the molecule is OC1(CNCc2ccc3ccccc3c2)CCCC1. The van der Waals surface area contributed by atoms with Crippen molar-refractivity contribution >= 4 is 10.8 Å². The molecule has 0 unspecified atom stereocenters. The lowest BCUT2D eigenvalue weighted by atomic mass is 10.0. The van der Waals surface area contributed by atoms with Crippen molar-refractivity contribution in [2.45, 2.75) is 37.8 Å². The van der Waals surface area contributed by atoms with E-state index in [0.717, 1.165) is 32.2 Å². The number of hydrogen-bond acceptors (Lipinski definition) is 2. The Morgan fingerprint density at radius 2 is 1.74 bits per heavy atom. The van der Waals surface area contributed by atoms with E-state index >= 15 is 0 Å². The summed E-state index contributed by atoms with van der Waals surface area (Å²) in [6, 6.07) is 15.0. The Hall–Kier alpha value is -1.38. The van der Waals surface area contributed by atoms with Crippen LogP contribution < -0.4 is 5.32 Å². The smallest absolute Gasteiger partial charge is 0.0771 e. The molecule has 2 heteroatoms. The molecule has 1 fully saturated rings. The standard InChI is InChI=1S/C17H21NO/c19-17(9-3-4-10-17)13-18-12-14-7-8-15-5-1-2-6-16(15)11-14/h1-2,5-8,11,18-19H,3-4,9-10,12-13H2. The van der Waals surface area contributed by atoms with E-state index in [2.05, 4.69) is 47.8 Å². The second-order valence-corrected chi connectivity index (χ2v) is 5.72. The highest BCUT2D eigenvalue weighted by atomic mass is 16.3. The molecule has 0 aliphatic heterocycles. The summed E-state index contributed by atoms with van der Waals surface area (Å²) in [5, 5.41) is 16.2. The number of nitrogens with one attached hydrogen (secondary N) is 1. The van der Waals surface area contributed by atoms with E-state index < -0.39 is 5.60 Å². The van der Waals surface area contributed by atoms with E-state index in [-0.39, 0.29) is 0 Å². The van der Waals surface area contributed by atoms with Gasteiger partial charge in [-0.25, -0.2) is 0 Å². The van der Waals surface area contributed by atoms with Gasteiger partial charge in [0.25, 0.3) is 0 Å². The summed E-state index contributed by atoms with van der Waals surface area (Å²) in [6.07, 6.45) is 4.21. The van der Waals surface area contributed by atoms with Gasteiger partial charge >= 0.3 is 0 Å². The minimum atomic E-state index is -0.461. The number of aliphatic hydroxyl groups is 1. The monoisotopic (exact) mass is 255 g/mol. The van der Waals surface area contributed by atoms with Crippen LogP contribution in [0.25, 0.3) is 10.8 Å². The largest absolute Gasteiger partial charge is 0.389 e. The Bertz CT molecular complexity index is 558. The van der Waals surface area contributed by atoms with Crippen molar-refractivity contribution < 1.29 is 5.11 Å². The molecule has 19 heavy (non-hydrogen) atoms. The Morgan fingerprint density at radius 3 is 2.53 bits per heavy atom. The molecule has 0 amide bonds. The summed E-state index contributed by atoms with van der Waals surface area (Å²) in [6.45, 7) is 1.53. The molecule has 2 N–H and O–H groups in total. The van der Waals surface area contributed by atoms with Crippen molar-refractivity contribution in [3.05, 3.63) is 48.0 Å². The predicted molar refractivity (Wildman–Crippen MR) is 79.1 cm³/mol. The van der Waals surface area contributed by atoms with Gasteiger partial charge in [0.2, 0.25) is 0 Å². The molecule has 0 radical (unpaired) electrons. The molecule has 1 aliphatic carbocycles. The third-order valence-corrected chi connectivity index (χ3v) is 4.13. The van der Waals surface area contributed by atoms with Crippen LogP contribution in [0, 0.1) is 0 Å². The van der Waals surface area contributed by atoms with Crippen LogP contribution in [0.1, 0.15) is 31.2 Å². The number of rotatable bonds is 4. The van der Waals surface area contributed by atoms with Crippen molar-refractivity contribution in [1.82, 2.24) is 5.32 Å². The maximum atomic E-state index is 10.3. The predicted octanol–water partition coefficient (Wildman–Crippen LogP) is 3.23. The van der Waals surface area contributed by atoms with Crippen molar-refractivity contribution in [3.63, 3.8) is 0 Å². The summed E-state index contributed by atoms with van der Waals surface area (Å²) in [7, 11) is 0. The van der Waals surface area contributed by atoms with Crippen molar-refractivity contribution in [2.75, 3.05) is 6.54 Å². The van der Waals surface area contributed by atoms with Gasteiger partial charge in [-0.3, -0.25) is 0 Å². The molecule has 2 aromatic carbocycles. The van der Waals surface area contributed by atoms with E-state index in [1.54, 1.807) is 0 Å². The van der Waals surface area contributed by atoms with Gasteiger partial charge in [0.15, 0.2) is 0 Å². The molecule has 3 rings (SSSR count). The van der Waals surface area contributed by atoms with Gasteiger partial charge in [0, 0.05) is 13.1 Å². The van der Waals surface area contributed by atoms with E-state index in [9.17, 15) is 5.11 Å². The molecule has 1 saturated carbocycles. The summed E-state index contributed by atoms with van der Waals surface area (Å²) < 4.78 is 0. The van der Waals surface area contributed by atoms with E-state index in [1.165, 1.54) is 16.3 Å². The molecule has 0 spiro atoms. The normalized spacial score (nSPS) is 17.9. The lowest BCUT2D eigenvalue weighted by Gasteiger charge is -2.22. The van der Waals surface area contributed by atoms with Gasteiger partial charge in [-0.05, 0) is 35.2 Å². The van der Waals surface area contributed by atoms with Crippen LogP contribution in [-0.4, -0.2) is 17.3 Å². The zero-order valence-corrected chi connectivity index (χ0v) is 11.2. The van der Waals surface area contributed by atoms with Gasteiger partial charge in [0.1, 0.15) is 0 Å². The molecule has 0 bridgehead atoms. The van der Waals surface area contributed by atoms with Crippen LogP contribution in [0.4, 0.5) is 0 Å². The average molecular weight is 255 g/mol. The topological polar surface area (TPSA) is 32.3 Å². The summed E-state index contributed by atoms with van der Waals surface area (Å²) in [4.78, 5) is 0. The zero-order chi connectivity index (χ0) is 13.1. The molecule has 0 saturated heterocycles. The minimum absolute atomic E-state index is 0.461. The van der Waals surface area contributed by atoms with E-state index in [1.807, 2.05) is 0 Å². The molecular formula is C17H21NO. The van der Waals surface area contributed by atoms with E-state index in [4.69, 9.17) is 0 Å². The fraction of sp³-hybridized carbons (Fsp3) is 0.412. The molecule has 2 aromatic rings. The second-order valence-electron chi connectivity index (χ2n) is 5.72. The highest BCUT2D eigenvalue weighted by Crippen LogP contribution is 2.28. The molecule has 100 valence electrons. The van der Waals surface area contributed by atoms with Crippen molar-refractivity contribution in [1.29, 1.82) is 0 Å². The first-order chi connectivity index (χ1) is 9.25. The fourth-order valence-electron chi connectivity index (χ4n) is 3.00. The molecule has 0 atom stereocenters. The van der Waals surface area contributed by atoms with Gasteiger partial charge in [-0.15, -0.1) is 0 Å². The Kier molecular flexibility index (Phi) is 3.54.